The normalized spacial score (nSPS) is 12.0. The third-order valence-electron chi connectivity index (χ3n) is 4.41. The maximum atomic E-state index is 12.4. The Morgan fingerprint density at radius 1 is 1.21 bits per heavy atom. The van der Waals surface area contributed by atoms with Gasteiger partial charge >= 0.3 is 5.82 Å². The molecule has 3 aromatic rings. The molecule has 0 spiro atoms. The Labute approximate surface area is 162 Å². The third-order valence-corrected chi connectivity index (χ3v) is 4.41. The summed E-state index contributed by atoms with van der Waals surface area (Å²) in [6.45, 7) is 6.36. The van der Waals surface area contributed by atoms with Gasteiger partial charge in [0.2, 0.25) is 5.91 Å². The van der Waals surface area contributed by atoms with E-state index < -0.39 is 10.8 Å². The molecule has 0 aliphatic rings. The van der Waals surface area contributed by atoms with Crippen LogP contribution in [-0.4, -0.2) is 30.4 Å². The van der Waals surface area contributed by atoms with Gasteiger partial charge in [0.1, 0.15) is 0 Å². The maximum absolute atomic E-state index is 12.4. The highest BCUT2D eigenvalue weighted by atomic mass is 16.6. The lowest BCUT2D eigenvalue weighted by atomic mass is 10.1. The van der Waals surface area contributed by atoms with Crippen LogP contribution in [0.3, 0.4) is 0 Å². The predicted molar refractivity (Wildman–Crippen MR) is 104 cm³/mol. The van der Waals surface area contributed by atoms with Crippen molar-refractivity contribution in [3.63, 3.8) is 0 Å². The standard InChI is InChI=1S/C19H22N6O3/c1-13-4-6-16(7-5-13)12-23-9-8-17(21-23)20-19(26)14(2)11-24-15(3)10-18(22-24)25(27)28/h4-10,14H,11-12H2,1-3H3,(H,20,21,26). The number of amides is 1. The monoisotopic (exact) mass is 382 g/mol. The lowest BCUT2D eigenvalue weighted by Gasteiger charge is -2.10. The fourth-order valence-electron chi connectivity index (χ4n) is 2.76. The van der Waals surface area contributed by atoms with Gasteiger partial charge in [0.25, 0.3) is 0 Å². The first-order valence-corrected chi connectivity index (χ1v) is 8.90. The maximum Gasteiger partial charge on any atom is 0.390 e. The molecule has 0 saturated carbocycles. The van der Waals surface area contributed by atoms with E-state index in [2.05, 4.69) is 15.5 Å². The minimum atomic E-state index is -0.547. The summed E-state index contributed by atoms with van der Waals surface area (Å²) in [7, 11) is 0. The van der Waals surface area contributed by atoms with Crippen molar-refractivity contribution in [2.24, 2.45) is 5.92 Å². The molecule has 146 valence electrons. The molecule has 9 nitrogen and oxygen atoms in total. The zero-order valence-electron chi connectivity index (χ0n) is 16.0. The zero-order valence-corrected chi connectivity index (χ0v) is 16.0. The second kappa shape index (κ2) is 8.03. The van der Waals surface area contributed by atoms with Gasteiger partial charge in [0.15, 0.2) is 5.82 Å². The molecular formula is C19H22N6O3. The van der Waals surface area contributed by atoms with Gasteiger partial charge in [-0.2, -0.15) is 9.78 Å². The average Bonchev–Trinajstić information content (AvgIpc) is 3.24. The summed E-state index contributed by atoms with van der Waals surface area (Å²) in [5.74, 6) is -0.411. The SMILES string of the molecule is Cc1ccc(Cn2ccc(NC(=O)C(C)Cn3nc([N+](=O)[O-])cc3C)n2)cc1. The van der Waals surface area contributed by atoms with Crippen LogP contribution < -0.4 is 5.32 Å². The van der Waals surface area contributed by atoms with Gasteiger partial charge in [-0.15, -0.1) is 0 Å². The minimum absolute atomic E-state index is 0.222. The summed E-state index contributed by atoms with van der Waals surface area (Å²) in [5, 5.41) is 21.9. The van der Waals surface area contributed by atoms with Gasteiger partial charge < -0.3 is 15.4 Å². The molecule has 1 amide bonds. The molecule has 3 rings (SSSR count). The van der Waals surface area contributed by atoms with E-state index in [9.17, 15) is 14.9 Å². The van der Waals surface area contributed by atoms with Crippen LogP contribution >= 0.6 is 0 Å². The molecule has 1 unspecified atom stereocenters. The van der Waals surface area contributed by atoms with Crippen molar-refractivity contribution in [3.05, 3.63) is 69.5 Å². The van der Waals surface area contributed by atoms with E-state index in [-0.39, 0.29) is 18.3 Å². The molecule has 0 bridgehead atoms. The fourth-order valence-corrected chi connectivity index (χ4v) is 2.76. The number of nitro groups is 1. The third kappa shape index (κ3) is 4.61. The van der Waals surface area contributed by atoms with Crippen LogP contribution in [0.2, 0.25) is 0 Å². The van der Waals surface area contributed by atoms with Crippen LogP contribution in [0.5, 0.6) is 0 Å². The van der Waals surface area contributed by atoms with E-state index in [1.54, 1.807) is 30.8 Å². The summed E-state index contributed by atoms with van der Waals surface area (Å²) in [6.07, 6.45) is 1.81. The van der Waals surface area contributed by atoms with Gasteiger partial charge in [-0.05, 0) is 24.3 Å². The highest BCUT2D eigenvalue weighted by molar-refractivity contribution is 5.91. The number of benzene rings is 1. The number of aryl methyl sites for hydroxylation is 2. The fraction of sp³-hybridized carbons (Fsp3) is 0.316. The number of anilines is 1. The summed E-state index contributed by atoms with van der Waals surface area (Å²) in [6, 6.07) is 11.3. The Hall–Kier alpha value is -3.49. The minimum Gasteiger partial charge on any atom is -0.358 e. The Bertz CT molecular complexity index is 990. The first-order chi connectivity index (χ1) is 13.3. The van der Waals surface area contributed by atoms with Crippen molar-refractivity contribution >= 4 is 17.5 Å². The lowest BCUT2D eigenvalue weighted by molar-refractivity contribution is -0.389. The van der Waals surface area contributed by atoms with Crippen molar-refractivity contribution < 1.29 is 9.72 Å². The second-order valence-corrected chi connectivity index (χ2v) is 6.86. The predicted octanol–water partition coefficient (Wildman–Crippen LogP) is 2.93. The number of rotatable bonds is 7. The molecule has 1 atom stereocenters. The van der Waals surface area contributed by atoms with Crippen LogP contribution in [0.1, 0.15) is 23.7 Å². The molecule has 2 heterocycles. The molecule has 2 aromatic heterocycles. The van der Waals surface area contributed by atoms with Gasteiger partial charge in [-0.1, -0.05) is 36.8 Å². The smallest absolute Gasteiger partial charge is 0.358 e. The average molecular weight is 382 g/mol. The van der Waals surface area contributed by atoms with Crippen molar-refractivity contribution in [1.82, 2.24) is 19.6 Å². The van der Waals surface area contributed by atoms with Crippen molar-refractivity contribution in [2.45, 2.75) is 33.9 Å². The van der Waals surface area contributed by atoms with Crippen LogP contribution in [0, 0.1) is 29.9 Å². The number of carbonyl (C=O) groups is 1. The van der Waals surface area contributed by atoms with Crippen molar-refractivity contribution in [2.75, 3.05) is 5.32 Å². The van der Waals surface area contributed by atoms with E-state index in [1.165, 1.54) is 16.3 Å². The molecule has 28 heavy (non-hydrogen) atoms. The topological polar surface area (TPSA) is 108 Å². The highest BCUT2D eigenvalue weighted by Crippen LogP contribution is 2.14. The number of hydrogen-bond acceptors (Lipinski definition) is 5. The first kappa shape index (κ1) is 19.3. The molecular weight excluding hydrogens is 360 g/mol. The lowest BCUT2D eigenvalue weighted by Crippen LogP contribution is -2.25. The second-order valence-electron chi connectivity index (χ2n) is 6.86. The zero-order chi connectivity index (χ0) is 20.3. The van der Waals surface area contributed by atoms with Crippen LogP contribution in [0.4, 0.5) is 11.6 Å². The Balaban J connectivity index is 1.59. The molecule has 1 aromatic carbocycles. The Morgan fingerprint density at radius 2 is 1.93 bits per heavy atom. The van der Waals surface area contributed by atoms with Gasteiger partial charge in [0.05, 0.1) is 35.9 Å². The molecule has 0 aliphatic carbocycles. The van der Waals surface area contributed by atoms with Gasteiger partial charge in [0, 0.05) is 12.3 Å². The van der Waals surface area contributed by atoms with Crippen LogP contribution in [-0.2, 0) is 17.9 Å². The first-order valence-electron chi connectivity index (χ1n) is 8.90. The van der Waals surface area contributed by atoms with E-state index in [0.717, 1.165) is 5.56 Å². The number of nitrogens with zero attached hydrogens (tertiary/aromatic N) is 5. The van der Waals surface area contributed by atoms with E-state index in [0.29, 0.717) is 18.1 Å². The molecule has 0 fully saturated rings. The van der Waals surface area contributed by atoms with Gasteiger partial charge in [-0.3, -0.25) is 9.48 Å². The Morgan fingerprint density at radius 3 is 2.57 bits per heavy atom. The molecule has 9 heteroatoms. The van der Waals surface area contributed by atoms with Crippen LogP contribution in [0.25, 0.3) is 0 Å². The number of carbonyl (C=O) groups excluding carboxylic acids is 1. The number of aromatic nitrogens is 4. The Kier molecular flexibility index (Phi) is 5.53. The highest BCUT2D eigenvalue weighted by Gasteiger charge is 2.21. The summed E-state index contributed by atoms with van der Waals surface area (Å²) >= 11 is 0. The number of hydrogen-bond donors (Lipinski definition) is 1. The quantitative estimate of drug-likeness (QED) is 0.499. The summed E-state index contributed by atoms with van der Waals surface area (Å²) < 4.78 is 3.23. The largest absolute Gasteiger partial charge is 0.390 e. The molecule has 0 radical (unpaired) electrons. The van der Waals surface area contributed by atoms with E-state index in [1.807, 2.05) is 31.2 Å². The van der Waals surface area contributed by atoms with E-state index >= 15 is 0 Å². The van der Waals surface area contributed by atoms with Crippen molar-refractivity contribution in [1.29, 1.82) is 0 Å². The summed E-state index contributed by atoms with van der Waals surface area (Å²) in [4.78, 5) is 22.7. The number of nitrogens with one attached hydrogen (secondary N) is 1. The molecule has 0 aliphatic heterocycles. The van der Waals surface area contributed by atoms with E-state index in [4.69, 9.17) is 0 Å². The van der Waals surface area contributed by atoms with Gasteiger partial charge in [-0.25, -0.2) is 0 Å². The van der Waals surface area contributed by atoms with Crippen LogP contribution in [0.15, 0.2) is 42.6 Å². The molecule has 1 N–H and O–H groups in total. The summed E-state index contributed by atoms with van der Waals surface area (Å²) in [5.41, 5.74) is 2.95. The van der Waals surface area contributed by atoms with Crippen molar-refractivity contribution in [3.8, 4) is 0 Å². The molecule has 0 saturated heterocycles.